The lowest BCUT2D eigenvalue weighted by atomic mass is 10.2. The second-order valence-electron chi connectivity index (χ2n) is 4.90. The average molecular weight is 296 g/mol. The van der Waals surface area contributed by atoms with E-state index in [2.05, 4.69) is 16.6 Å². The summed E-state index contributed by atoms with van der Waals surface area (Å²) in [7, 11) is -3.47. The van der Waals surface area contributed by atoms with Crippen molar-refractivity contribution < 1.29 is 13.2 Å². The Morgan fingerprint density at radius 2 is 2.30 bits per heavy atom. The van der Waals surface area contributed by atoms with Gasteiger partial charge in [-0.15, -0.1) is 0 Å². The number of benzene rings is 1. The van der Waals surface area contributed by atoms with Gasteiger partial charge < -0.3 is 10.1 Å². The van der Waals surface area contributed by atoms with Crippen LogP contribution in [0, 0.1) is 0 Å². The molecule has 20 heavy (non-hydrogen) atoms. The maximum atomic E-state index is 12.1. The maximum Gasteiger partial charge on any atom is 0.240 e. The van der Waals surface area contributed by atoms with Crippen LogP contribution in [-0.4, -0.2) is 34.7 Å². The Morgan fingerprint density at radius 3 is 3.05 bits per heavy atom. The Hall–Kier alpha value is -1.37. The smallest absolute Gasteiger partial charge is 0.240 e. The molecule has 1 aliphatic heterocycles. The van der Waals surface area contributed by atoms with Gasteiger partial charge in [-0.1, -0.05) is 18.2 Å². The molecule has 2 rings (SSSR count). The molecule has 0 fully saturated rings. The molecule has 6 heteroatoms. The number of ether oxygens (including phenoxy) is 1. The predicted octanol–water partition coefficient (Wildman–Crippen LogP) is 1.53. The summed E-state index contributed by atoms with van der Waals surface area (Å²) >= 11 is 0. The van der Waals surface area contributed by atoms with Crippen molar-refractivity contribution in [2.45, 2.75) is 18.2 Å². The minimum atomic E-state index is -3.47. The molecule has 2 N–H and O–H groups in total. The van der Waals surface area contributed by atoms with Gasteiger partial charge in [0.05, 0.1) is 18.1 Å². The third-order valence-electron chi connectivity index (χ3n) is 2.99. The van der Waals surface area contributed by atoms with E-state index >= 15 is 0 Å². The van der Waals surface area contributed by atoms with Crippen molar-refractivity contribution in [1.29, 1.82) is 0 Å². The van der Waals surface area contributed by atoms with Crippen molar-refractivity contribution in [1.82, 2.24) is 4.72 Å². The average Bonchev–Trinajstić information content (AvgIpc) is 2.85. The van der Waals surface area contributed by atoms with Gasteiger partial charge in [0.1, 0.15) is 0 Å². The first-order chi connectivity index (χ1) is 9.49. The molecule has 0 amide bonds. The molecule has 1 aromatic carbocycles. The molecule has 0 spiro atoms. The number of sulfonamides is 1. The van der Waals surface area contributed by atoms with E-state index < -0.39 is 10.0 Å². The summed E-state index contributed by atoms with van der Waals surface area (Å²) in [6.07, 6.45) is 0.942. The summed E-state index contributed by atoms with van der Waals surface area (Å²) in [5, 5.41) is 3.17. The standard InChI is InChI=1S/C14H20N2O3S/c1-11(2)10-19-8-7-16-20(17,18)13-4-3-12-5-6-15-14(12)9-13/h3-4,9,15-16H,1,5-8,10H2,2H3. The Morgan fingerprint density at radius 1 is 1.50 bits per heavy atom. The minimum absolute atomic E-state index is 0.250. The lowest BCUT2D eigenvalue weighted by Gasteiger charge is -2.09. The number of hydrogen-bond acceptors (Lipinski definition) is 4. The molecule has 0 aromatic heterocycles. The fourth-order valence-corrected chi connectivity index (χ4v) is 3.05. The Balaban J connectivity index is 1.91. The number of hydrogen-bond donors (Lipinski definition) is 2. The van der Waals surface area contributed by atoms with E-state index in [4.69, 9.17) is 4.74 Å². The molecule has 1 aliphatic rings. The molecule has 5 nitrogen and oxygen atoms in total. The predicted molar refractivity (Wildman–Crippen MR) is 79.5 cm³/mol. The van der Waals surface area contributed by atoms with E-state index in [-0.39, 0.29) is 11.4 Å². The Kier molecular flexibility index (Phi) is 4.80. The molecule has 0 saturated heterocycles. The van der Waals surface area contributed by atoms with Crippen molar-refractivity contribution in [3.63, 3.8) is 0 Å². The van der Waals surface area contributed by atoms with Gasteiger partial charge in [-0.05, 0) is 31.0 Å². The van der Waals surface area contributed by atoms with Crippen molar-refractivity contribution in [3.8, 4) is 0 Å². The number of rotatable bonds is 7. The quantitative estimate of drug-likeness (QED) is 0.591. The van der Waals surface area contributed by atoms with Crippen LogP contribution in [0.25, 0.3) is 0 Å². The van der Waals surface area contributed by atoms with Crippen molar-refractivity contribution in [2.75, 3.05) is 31.6 Å². The minimum Gasteiger partial charge on any atom is -0.384 e. The van der Waals surface area contributed by atoms with E-state index in [0.29, 0.717) is 13.2 Å². The van der Waals surface area contributed by atoms with Crippen LogP contribution < -0.4 is 10.0 Å². The second kappa shape index (κ2) is 6.39. The molecule has 1 aromatic rings. The first-order valence-corrected chi connectivity index (χ1v) is 8.06. The first-order valence-electron chi connectivity index (χ1n) is 6.57. The normalized spacial score (nSPS) is 13.8. The maximum absolute atomic E-state index is 12.1. The molecule has 0 unspecified atom stereocenters. The summed E-state index contributed by atoms with van der Waals surface area (Å²) in [5.41, 5.74) is 2.98. The zero-order valence-corrected chi connectivity index (χ0v) is 12.4. The summed E-state index contributed by atoms with van der Waals surface area (Å²) in [5.74, 6) is 0. The van der Waals surface area contributed by atoms with Gasteiger partial charge in [0, 0.05) is 18.8 Å². The van der Waals surface area contributed by atoms with Crippen molar-refractivity contribution in [2.24, 2.45) is 0 Å². The molecular weight excluding hydrogens is 276 g/mol. The van der Waals surface area contributed by atoms with Crippen LogP contribution in [0.3, 0.4) is 0 Å². The van der Waals surface area contributed by atoms with E-state index in [1.807, 2.05) is 13.0 Å². The van der Waals surface area contributed by atoms with E-state index in [1.165, 1.54) is 0 Å². The van der Waals surface area contributed by atoms with Crippen LogP contribution in [0.15, 0.2) is 35.2 Å². The highest BCUT2D eigenvalue weighted by molar-refractivity contribution is 7.89. The van der Waals surface area contributed by atoms with Crippen LogP contribution in [0.4, 0.5) is 5.69 Å². The van der Waals surface area contributed by atoms with Crippen LogP contribution in [0.2, 0.25) is 0 Å². The van der Waals surface area contributed by atoms with Gasteiger partial charge in [0.25, 0.3) is 0 Å². The molecule has 1 heterocycles. The number of nitrogens with one attached hydrogen (secondary N) is 2. The van der Waals surface area contributed by atoms with Crippen LogP contribution in [-0.2, 0) is 21.2 Å². The summed E-state index contributed by atoms with van der Waals surface area (Å²) in [4.78, 5) is 0.283. The molecule has 0 aliphatic carbocycles. The number of anilines is 1. The van der Waals surface area contributed by atoms with Crippen molar-refractivity contribution in [3.05, 3.63) is 35.9 Å². The van der Waals surface area contributed by atoms with E-state index in [1.54, 1.807) is 12.1 Å². The van der Waals surface area contributed by atoms with Gasteiger partial charge in [0.15, 0.2) is 0 Å². The Bertz CT molecular complexity index is 596. The van der Waals surface area contributed by atoms with Crippen LogP contribution >= 0.6 is 0 Å². The highest BCUT2D eigenvalue weighted by Crippen LogP contribution is 2.25. The fourth-order valence-electron chi connectivity index (χ4n) is 2.02. The lowest BCUT2D eigenvalue weighted by Crippen LogP contribution is -2.27. The molecule has 110 valence electrons. The summed E-state index contributed by atoms with van der Waals surface area (Å²) < 4.78 is 32.0. The monoisotopic (exact) mass is 296 g/mol. The van der Waals surface area contributed by atoms with Gasteiger partial charge >= 0.3 is 0 Å². The zero-order chi connectivity index (χ0) is 14.6. The summed E-state index contributed by atoms with van der Waals surface area (Å²) in [6.45, 7) is 7.46. The zero-order valence-electron chi connectivity index (χ0n) is 11.6. The fraction of sp³-hybridized carbons (Fsp3) is 0.429. The van der Waals surface area contributed by atoms with Gasteiger partial charge in [-0.2, -0.15) is 0 Å². The lowest BCUT2D eigenvalue weighted by molar-refractivity contribution is 0.162. The molecular formula is C14H20N2O3S. The molecule has 0 saturated carbocycles. The molecule has 0 radical (unpaired) electrons. The summed E-state index contributed by atoms with van der Waals surface area (Å²) in [6, 6.07) is 5.18. The second-order valence-corrected chi connectivity index (χ2v) is 6.67. The number of fused-ring (bicyclic) bond motifs is 1. The van der Waals surface area contributed by atoms with Crippen LogP contribution in [0.5, 0.6) is 0 Å². The van der Waals surface area contributed by atoms with Gasteiger partial charge in [-0.3, -0.25) is 0 Å². The topological polar surface area (TPSA) is 67.4 Å². The molecule has 0 bridgehead atoms. The molecule has 0 atom stereocenters. The first kappa shape index (κ1) is 15.0. The van der Waals surface area contributed by atoms with Crippen molar-refractivity contribution >= 4 is 15.7 Å². The highest BCUT2D eigenvalue weighted by Gasteiger charge is 2.17. The largest absolute Gasteiger partial charge is 0.384 e. The van der Waals surface area contributed by atoms with Gasteiger partial charge in [-0.25, -0.2) is 13.1 Å². The highest BCUT2D eigenvalue weighted by atomic mass is 32.2. The van der Waals surface area contributed by atoms with E-state index in [9.17, 15) is 8.42 Å². The van der Waals surface area contributed by atoms with Gasteiger partial charge in [0.2, 0.25) is 10.0 Å². The van der Waals surface area contributed by atoms with Crippen LogP contribution in [0.1, 0.15) is 12.5 Å². The Labute approximate surface area is 120 Å². The SMILES string of the molecule is C=C(C)COCCNS(=O)(=O)c1ccc2c(c1)NCC2. The third kappa shape index (κ3) is 3.82. The van der Waals surface area contributed by atoms with E-state index in [0.717, 1.165) is 29.8 Å². The third-order valence-corrected chi connectivity index (χ3v) is 4.45.